The van der Waals surface area contributed by atoms with Crippen molar-refractivity contribution < 1.29 is 4.74 Å². The summed E-state index contributed by atoms with van der Waals surface area (Å²) in [6.45, 7) is 7.67. The lowest BCUT2D eigenvalue weighted by atomic mass is 10.1. The van der Waals surface area contributed by atoms with Crippen LogP contribution < -0.4 is 10.1 Å². The van der Waals surface area contributed by atoms with Crippen LogP contribution in [0, 0.1) is 6.92 Å². The summed E-state index contributed by atoms with van der Waals surface area (Å²) < 4.78 is 7.71. The third kappa shape index (κ3) is 3.95. The van der Waals surface area contributed by atoms with Gasteiger partial charge in [-0.25, -0.2) is 4.98 Å². The summed E-state index contributed by atoms with van der Waals surface area (Å²) in [5.41, 5.74) is 5.29. The Morgan fingerprint density at radius 2 is 2.00 bits per heavy atom. The number of benzene rings is 1. The average Bonchev–Trinajstić information content (AvgIpc) is 2.86. The highest BCUT2D eigenvalue weighted by molar-refractivity contribution is 5.86. The standard InChI is InChI=1S/C19H22N4O.2ClH/c1-3-24-15-5-6-17-16(11-15)13(2)9-18(21-17)19-10-14-12-20-7-4-8-23(14)22-19;;/h5-6,9-11,20H,3-4,7-8,12H2,1-2H3;2*1H. The molecule has 0 aliphatic carbocycles. The largest absolute Gasteiger partial charge is 0.494 e. The van der Waals surface area contributed by atoms with Crippen molar-refractivity contribution >= 4 is 35.7 Å². The Balaban J connectivity index is 0.00000121. The molecule has 0 amide bonds. The molecule has 0 radical (unpaired) electrons. The van der Waals surface area contributed by atoms with Gasteiger partial charge in [-0.1, -0.05) is 0 Å². The first kappa shape index (κ1) is 20.5. The molecule has 7 heteroatoms. The monoisotopic (exact) mass is 394 g/mol. The summed E-state index contributed by atoms with van der Waals surface area (Å²) in [5.74, 6) is 0.891. The first-order valence-electron chi connectivity index (χ1n) is 8.56. The Morgan fingerprint density at radius 3 is 2.81 bits per heavy atom. The van der Waals surface area contributed by atoms with Crippen molar-refractivity contribution in [3.8, 4) is 17.1 Å². The zero-order valence-corrected chi connectivity index (χ0v) is 16.6. The van der Waals surface area contributed by atoms with Crippen LogP contribution in [-0.4, -0.2) is 27.9 Å². The number of fused-ring (bicyclic) bond motifs is 2. The molecule has 0 fully saturated rings. The topological polar surface area (TPSA) is 52.0 Å². The Kier molecular flexibility index (Phi) is 6.87. The minimum Gasteiger partial charge on any atom is -0.494 e. The number of ether oxygens (including phenoxy) is 1. The van der Waals surface area contributed by atoms with Crippen LogP contribution in [0.4, 0.5) is 0 Å². The van der Waals surface area contributed by atoms with Crippen LogP contribution in [0.3, 0.4) is 0 Å². The van der Waals surface area contributed by atoms with Gasteiger partial charge in [0.1, 0.15) is 11.4 Å². The first-order valence-corrected chi connectivity index (χ1v) is 8.56. The molecule has 0 atom stereocenters. The molecule has 2 aromatic heterocycles. The van der Waals surface area contributed by atoms with Gasteiger partial charge in [-0.05, 0) is 62.7 Å². The van der Waals surface area contributed by atoms with Crippen molar-refractivity contribution in [2.75, 3.05) is 13.2 Å². The fraction of sp³-hybridized carbons (Fsp3) is 0.368. The van der Waals surface area contributed by atoms with Gasteiger partial charge >= 0.3 is 0 Å². The lowest BCUT2D eigenvalue weighted by Crippen LogP contribution is -2.11. The zero-order chi connectivity index (χ0) is 16.5. The molecule has 1 aromatic carbocycles. The Bertz CT molecular complexity index is 871. The summed E-state index contributed by atoms with van der Waals surface area (Å²) in [4.78, 5) is 4.82. The molecule has 140 valence electrons. The fourth-order valence-electron chi connectivity index (χ4n) is 3.25. The molecule has 3 heterocycles. The molecular weight excluding hydrogens is 371 g/mol. The van der Waals surface area contributed by atoms with Crippen LogP contribution >= 0.6 is 24.8 Å². The lowest BCUT2D eigenvalue weighted by Gasteiger charge is -2.08. The molecule has 0 spiro atoms. The van der Waals surface area contributed by atoms with E-state index in [1.807, 2.05) is 19.1 Å². The van der Waals surface area contributed by atoms with Crippen molar-refractivity contribution in [3.05, 3.63) is 41.6 Å². The van der Waals surface area contributed by atoms with Crippen LogP contribution in [0.2, 0.25) is 0 Å². The van der Waals surface area contributed by atoms with Gasteiger partial charge in [0.25, 0.3) is 0 Å². The Hall–Kier alpha value is -1.82. The van der Waals surface area contributed by atoms with E-state index in [1.165, 1.54) is 11.3 Å². The van der Waals surface area contributed by atoms with E-state index < -0.39 is 0 Å². The Labute approximate surface area is 166 Å². The van der Waals surface area contributed by atoms with Gasteiger partial charge in [0.2, 0.25) is 0 Å². The number of nitrogens with zero attached hydrogens (tertiary/aromatic N) is 3. The summed E-state index contributed by atoms with van der Waals surface area (Å²) >= 11 is 0. The van der Waals surface area contributed by atoms with E-state index in [-0.39, 0.29) is 24.8 Å². The third-order valence-corrected chi connectivity index (χ3v) is 4.45. The number of pyridine rings is 1. The van der Waals surface area contributed by atoms with Gasteiger partial charge in [-0.3, -0.25) is 4.68 Å². The number of aryl methyl sites for hydroxylation is 2. The minimum absolute atomic E-state index is 0. The highest BCUT2D eigenvalue weighted by atomic mass is 35.5. The predicted molar refractivity (Wildman–Crippen MR) is 110 cm³/mol. The third-order valence-electron chi connectivity index (χ3n) is 4.45. The van der Waals surface area contributed by atoms with Crippen LogP contribution in [-0.2, 0) is 13.1 Å². The van der Waals surface area contributed by atoms with Crippen molar-refractivity contribution in [3.63, 3.8) is 0 Å². The van der Waals surface area contributed by atoms with Crippen molar-refractivity contribution in [1.29, 1.82) is 0 Å². The summed E-state index contributed by atoms with van der Waals surface area (Å²) in [7, 11) is 0. The predicted octanol–water partition coefficient (Wildman–Crippen LogP) is 4.14. The first-order chi connectivity index (χ1) is 11.7. The zero-order valence-electron chi connectivity index (χ0n) is 15.0. The highest BCUT2D eigenvalue weighted by Crippen LogP contribution is 2.27. The van der Waals surface area contributed by atoms with Gasteiger partial charge in [-0.15, -0.1) is 24.8 Å². The van der Waals surface area contributed by atoms with E-state index in [4.69, 9.17) is 14.8 Å². The molecule has 0 saturated heterocycles. The highest BCUT2D eigenvalue weighted by Gasteiger charge is 2.14. The van der Waals surface area contributed by atoms with Crippen molar-refractivity contribution in [2.45, 2.75) is 33.4 Å². The van der Waals surface area contributed by atoms with Gasteiger partial charge < -0.3 is 10.1 Å². The molecule has 3 aromatic rings. The minimum atomic E-state index is 0. The maximum absolute atomic E-state index is 5.60. The molecule has 0 bridgehead atoms. The average molecular weight is 395 g/mol. The molecule has 1 aliphatic heterocycles. The van der Waals surface area contributed by atoms with E-state index in [0.717, 1.165) is 54.1 Å². The lowest BCUT2D eigenvalue weighted by molar-refractivity contribution is 0.340. The number of hydrogen-bond donors (Lipinski definition) is 1. The molecule has 26 heavy (non-hydrogen) atoms. The Morgan fingerprint density at radius 1 is 1.15 bits per heavy atom. The van der Waals surface area contributed by atoms with Gasteiger partial charge in [0.05, 0.1) is 23.5 Å². The number of halogens is 2. The second-order valence-electron chi connectivity index (χ2n) is 6.21. The molecule has 0 saturated carbocycles. The quantitative estimate of drug-likeness (QED) is 0.724. The number of nitrogens with one attached hydrogen (secondary N) is 1. The van der Waals surface area contributed by atoms with Crippen LogP contribution in [0.5, 0.6) is 5.75 Å². The summed E-state index contributed by atoms with van der Waals surface area (Å²) in [5, 5.41) is 9.33. The molecule has 5 nitrogen and oxygen atoms in total. The van der Waals surface area contributed by atoms with Crippen molar-refractivity contribution in [2.24, 2.45) is 0 Å². The molecule has 0 unspecified atom stereocenters. The van der Waals surface area contributed by atoms with Crippen LogP contribution in [0.15, 0.2) is 30.3 Å². The van der Waals surface area contributed by atoms with Crippen LogP contribution in [0.25, 0.3) is 22.3 Å². The van der Waals surface area contributed by atoms with Gasteiger partial charge in [0, 0.05) is 18.5 Å². The van der Waals surface area contributed by atoms with Gasteiger partial charge in [0.15, 0.2) is 0 Å². The van der Waals surface area contributed by atoms with E-state index in [0.29, 0.717) is 6.61 Å². The van der Waals surface area contributed by atoms with Crippen molar-refractivity contribution in [1.82, 2.24) is 20.1 Å². The maximum atomic E-state index is 5.60. The normalized spacial score (nSPS) is 13.3. The maximum Gasteiger partial charge on any atom is 0.120 e. The second-order valence-corrected chi connectivity index (χ2v) is 6.21. The number of aromatic nitrogens is 3. The van der Waals surface area contributed by atoms with E-state index >= 15 is 0 Å². The smallest absolute Gasteiger partial charge is 0.120 e. The second kappa shape index (κ2) is 8.71. The van der Waals surface area contributed by atoms with E-state index in [9.17, 15) is 0 Å². The SMILES string of the molecule is CCOc1ccc2nc(-c3cc4n(n3)CCCNC4)cc(C)c2c1.Cl.Cl. The van der Waals surface area contributed by atoms with E-state index in [2.05, 4.69) is 35.1 Å². The fourth-order valence-corrected chi connectivity index (χ4v) is 3.25. The molecular formula is C19H24Cl2N4O. The molecule has 4 rings (SSSR count). The number of rotatable bonds is 3. The molecule has 1 N–H and O–H groups in total. The van der Waals surface area contributed by atoms with E-state index in [1.54, 1.807) is 0 Å². The van der Waals surface area contributed by atoms with Crippen LogP contribution in [0.1, 0.15) is 24.6 Å². The molecule has 1 aliphatic rings. The summed E-state index contributed by atoms with van der Waals surface area (Å²) in [6.07, 6.45) is 1.11. The number of hydrogen-bond acceptors (Lipinski definition) is 4. The van der Waals surface area contributed by atoms with Gasteiger partial charge in [-0.2, -0.15) is 5.10 Å². The summed E-state index contributed by atoms with van der Waals surface area (Å²) in [6, 6.07) is 10.3.